The maximum Gasteiger partial charge on any atom is 0.398 e. The lowest BCUT2D eigenvalue weighted by molar-refractivity contribution is -0.181. The minimum absolute atomic E-state index is 0.0742. The Kier molecular flexibility index (Phi) is 4.35. The van der Waals surface area contributed by atoms with Crippen LogP contribution in [0.5, 0.6) is 0 Å². The van der Waals surface area contributed by atoms with Gasteiger partial charge in [0, 0.05) is 6.54 Å². The van der Waals surface area contributed by atoms with Crippen LogP contribution in [-0.2, 0) is 4.79 Å². The molecule has 0 spiro atoms. The fourth-order valence-corrected chi connectivity index (χ4v) is 2.49. The predicted molar refractivity (Wildman–Crippen MR) is 71.3 cm³/mol. The summed E-state index contributed by atoms with van der Waals surface area (Å²) in [5.74, 6) is -4.03. The first kappa shape index (κ1) is 16.2. The molecule has 2 rings (SSSR count). The highest BCUT2D eigenvalue weighted by atomic mass is 19.4. The van der Waals surface area contributed by atoms with Gasteiger partial charge in [0.25, 0.3) is 11.8 Å². The van der Waals surface area contributed by atoms with E-state index in [0.717, 1.165) is 11.8 Å². The number of hydrogen-bond acceptors (Lipinski definition) is 3. The maximum atomic E-state index is 12.7. The van der Waals surface area contributed by atoms with Crippen molar-refractivity contribution >= 4 is 17.6 Å². The highest BCUT2D eigenvalue weighted by Gasteiger charge is 2.42. The molecule has 1 aliphatic heterocycles. The summed E-state index contributed by atoms with van der Waals surface area (Å²) < 4.78 is 38.0. The molecule has 0 aromatic heterocycles. The summed E-state index contributed by atoms with van der Waals surface area (Å²) in [6.45, 7) is 0.756. The normalized spacial score (nSPS) is 15.9. The first-order valence-electron chi connectivity index (χ1n) is 6.76. The number of Topliss-reactive ketones (excluding diaryl/α,β-unsaturated/α-hetero) is 1. The molecule has 1 aromatic carbocycles. The number of amides is 2. The van der Waals surface area contributed by atoms with Crippen molar-refractivity contribution in [3.8, 4) is 0 Å². The monoisotopic (exact) mass is 313 g/mol. The third-order valence-corrected chi connectivity index (χ3v) is 3.64. The van der Waals surface area contributed by atoms with E-state index >= 15 is 0 Å². The minimum Gasteiger partial charge on any atom is -0.299 e. The predicted octanol–water partition coefficient (Wildman–Crippen LogP) is 2.83. The van der Waals surface area contributed by atoms with E-state index in [9.17, 15) is 27.6 Å². The van der Waals surface area contributed by atoms with Crippen molar-refractivity contribution in [1.29, 1.82) is 0 Å². The van der Waals surface area contributed by atoms with Crippen LogP contribution in [0.1, 0.15) is 40.5 Å². The van der Waals surface area contributed by atoms with Gasteiger partial charge < -0.3 is 0 Å². The Morgan fingerprint density at radius 3 is 2.05 bits per heavy atom. The molecule has 0 bridgehead atoms. The zero-order valence-corrected chi connectivity index (χ0v) is 11.8. The van der Waals surface area contributed by atoms with Crippen LogP contribution < -0.4 is 0 Å². The molecule has 4 nitrogen and oxygen atoms in total. The summed E-state index contributed by atoms with van der Waals surface area (Å²) in [5, 5.41) is 0. The van der Waals surface area contributed by atoms with Gasteiger partial charge in [-0.15, -0.1) is 0 Å². The van der Waals surface area contributed by atoms with Gasteiger partial charge >= 0.3 is 6.18 Å². The number of rotatable bonds is 5. The Labute approximate surface area is 124 Å². The number of alkyl halides is 3. The molecule has 0 saturated heterocycles. The lowest BCUT2D eigenvalue weighted by Gasteiger charge is -2.19. The number of hydrogen-bond donors (Lipinski definition) is 0. The first-order valence-corrected chi connectivity index (χ1v) is 6.76. The number of carbonyl (C=O) groups is 3. The Balaban J connectivity index is 2.01. The van der Waals surface area contributed by atoms with E-state index in [2.05, 4.69) is 0 Å². The van der Waals surface area contributed by atoms with Crippen molar-refractivity contribution in [2.75, 3.05) is 6.54 Å². The molecular weight excluding hydrogens is 299 g/mol. The van der Waals surface area contributed by atoms with Gasteiger partial charge in [-0.05, 0) is 31.9 Å². The number of fused-ring (bicyclic) bond motifs is 1. The van der Waals surface area contributed by atoms with Gasteiger partial charge in [-0.2, -0.15) is 13.2 Å². The fourth-order valence-electron chi connectivity index (χ4n) is 2.49. The molecule has 0 saturated carbocycles. The SMILES string of the molecule is CC(=O)[C@H](CCCN1C(=O)c2ccccc2C1=O)C(F)(F)F. The van der Waals surface area contributed by atoms with Gasteiger partial charge in [-0.25, -0.2) is 0 Å². The van der Waals surface area contributed by atoms with Crippen molar-refractivity contribution < 1.29 is 27.6 Å². The summed E-state index contributed by atoms with van der Waals surface area (Å²) >= 11 is 0. The average Bonchev–Trinajstić information content (AvgIpc) is 2.66. The smallest absolute Gasteiger partial charge is 0.299 e. The number of carbonyl (C=O) groups excluding carboxylic acids is 3. The molecule has 0 unspecified atom stereocenters. The maximum absolute atomic E-state index is 12.7. The van der Waals surface area contributed by atoms with Gasteiger partial charge in [-0.3, -0.25) is 19.3 Å². The minimum atomic E-state index is -4.60. The van der Waals surface area contributed by atoms with E-state index in [-0.39, 0.29) is 24.1 Å². The lowest BCUT2D eigenvalue weighted by atomic mass is 9.98. The Morgan fingerprint density at radius 1 is 1.14 bits per heavy atom. The summed E-state index contributed by atoms with van der Waals surface area (Å²) in [6.07, 6.45) is -5.12. The van der Waals surface area contributed by atoms with E-state index in [1.54, 1.807) is 12.1 Å². The highest BCUT2D eigenvalue weighted by molar-refractivity contribution is 6.21. The van der Waals surface area contributed by atoms with Crippen molar-refractivity contribution in [3.05, 3.63) is 35.4 Å². The van der Waals surface area contributed by atoms with E-state index in [0.29, 0.717) is 0 Å². The van der Waals surface area contributed by atoms with Gasteiger partial charge in [0.05, 0.1) is 11.1 Å². The molecule has 0 N–H and O–H groups in total. The van der Waals surface area contributed by atoms with Crippen LogP contribution in [0, 0.1) is 5.92 Å². The second-order valence-corrected chi connectivity index (χ2v) is 5.15. The summed E-state index contributed by atoms with van der Waals surface area (Å²) in [7, 11) is 0. The van der Waals surface area contributed by atoms with E-state index in [1.807, 2.05) is 0 Å². The van der Waals surface area contributed by atoms with Crippen LogP contribution >= 0.6 is 0 Å². The molecule has 22 heavy (non-hydrogen) atoms. The molecule has 2 amide bonds. The van der Waals surface area contributed by atoms with Crippen LogP contribution in [-0.4, -0.2) is 35.2 Å². The second-order valence-electron chi connectivity index (χ2n) is 5.15. The van der Waals surface area contributed by atoms with Crippen LogP contribution in [0.2, 0.25) is 0 Å². The lowest BCUT2D eigenvalue weighted by Crippen LogP contribution is -2.33. The van der Waals surface area contributed by atoms with Crippen LogP contribution in [0.25, 0.3) is 0 Å². The molecule has 7 heteroatoms. The van der Waals surface area contributed by atoms with Crippen molar-refractivity contribution in [3.63, 3.8) is 0 Å². The third kappa shape index (κ3) is 3.03. The number of benzene rings is 1. The van der Waals surface area contributed by atoms with Gasteiger partial charge in [-0.1, -0.05) is 12.1 Å². The van der Waals surface area contributed by atoms with E-state index in [1.165, 1.54) is 12.1 Å². The van der Waals surface area contributed by atoms with Crippen molar-refractivity contribution in [2.24, 2.45) is 5.92 Å². The molecule has 1 aromatic rings. The molecule has 1 atom stereocenters. The second kappa shape index (κ2) is 5.90. The standard InChI is InChI=1S/C15H14F3NO3/c1-9(20)12(15(16,17)18)7-4-8-19-13(21)10-5-2-3-6-11(10)14(19)22/h2-3,5-6,12H,4,7-8H2,1H3/t12-/m0/s1. The number of halogens is 3. The van der Waals surface area contributed by atoms with E-state index < -0.39 is 36.1 Å². The molecule has 118 valence electrons. The number of ketones is 1. The third-order valence-electron chi connectivity index (χ3n) is 3.64. The van der Waals surface area contributed by atoms with E-state index in [4.69, 9.17) is 0 Å². The molecular formula is C15H14F3NO3. The van der Waals surface area contributed by atoms with Gasteiger partial charge in [0.2, 0.25) is 0 Å². The Bertz CT molecular complexity index is 590. The largest absolute Gasteiger partial charge is 0.398 e. The summed E-state index contributed by atoms with van der Waals surface area (Å²) in [5.41, 5.74) is 0.512. The van der Waals surface area contributed by atoms with Gasteiger partial charge in [0.1, 0.15) is 11.7 Å². The van der Waals surface area contributed by atoms with Crippen molar-refractivity contribution in [2.45, 2.75) is 25.9 Å². The number of imide groups is 1. The van der Waals surface area contributed by atoms with Gasteiger partial charge in [0.15, 0.2) is 0 Å². The first-order chi connectivity index (χ1) is 10.2. The average molecular weight is 313 g/mol. The van der Waals surface area contributed by atoms with Crippen molar-refractivity contribution in [1.82, 2.24) is 4.90 Å². The Hall–Kier alpha value is -2.18. The quantitative estimate of drug-likeness (QED) is 0.786. The van der Waals surface area contributed by atoms with Crippen LogP contribution in [0.4, 0.5) is 13.2 Å². The zero-order chi connectivity index (χ0) is 16.5. The number of nitrogens with zero attached hydrogens (tertiary/aromatic N) is 1. The molecule has 0 aliphatic carbocycles. The fraction of sp³-hybridized carbons (Fsp3) is 0.400. The zero-order valence-electron chi connectivity index (χ0n) is 11.8. The summed E-state index contributed by atoms with van der Waals surface area (Å²) in [6, 6.07) is 6.24. The molecule has 0 radical (unpaired) electrons. The Morgan fingerprint density at radius 2 is 1.64 bits per heavy atom. The molecule has 1 heterocycles. The highest BCUT2D eigenvalue weighted by Crippen LogP contribution is 2.31. The molecule has 1 aliphatic rings. The topological polar surface area (TPSA) is 54.5 Å². The molecule has 0 fully saturated rings. The van der Waals surface area contributed by atoms with Crippen LogP contribution in [0.3, 0.4) is 0 Å². The van der Waals surface area contributed by atoms with Crippen LogP contribution in [0.15, 0.2) is 24.3 Å². The summed E-state index contributed by atoms with van der Waals surface area (Å²) in [4.78, 5) is 36.0.